The number of nitrogens with one attached hydrogen (secondary N) is 1. The van der Waals surface area contributed by atoms with Crippen molar-refractivity contribution >= 4 is 11.6 Å². The number of likely N-dealkylation sites (N-methyl/N-ethyl adjacent to an activating group) is 1. The van der Waals surface area contributed by atoms with Crippen molar-refractivity contribution < 1.29 is 0 Å². The summed E-state index contributed by atoms with van der Waals surface area (Å²) in [5.74, 6) is 1.38. The second-order valence-electron chi connectivity index (χ2n) is 6.70. The van der Waals surface area contributed by atoms with Gasteiger partial charge in [0.1, 0.15) is 0 Å². The normalized spacial score (nSPS) is 23.9. The Hall–Kier alpha value is -0.570. The molecular weight excluding hydrogens is 268 g/mol. The third-order valence-corrected chi connectivity index (χ3v) is 4.55. The molecule has 1 unspecified atom stereocenters. The van der Waals surface area contributed by atoms with E-state index in [1.807, 2.05) is 12.1 Å². The lowest BCUT2D eigenvalue weighted by atomic mass is 9.75. The Labute approximate surface area is 128 Å². The molecule has 1 atom stereocenters. The van der Waals surface area contributed by atoms with Crippen LogP contribution in [0.1, 0.15) is 38.2 Å². The van der Waals surface area contributed by atoms with Gasteiger partial charge in [-0.15, -0.1) is 0 Å². The van der Waals surface area contributed by atoms with Crippen molar-refractivity contribution in [1.29, 1.82) is 0 Å². The third kappa shape index (κ3) is 4.21. The van der Waals surface area contributed by atoms with E-state index in [9.17, 15) is 0 Å². The van der Waals surface area contributed by atoms with Gasteiger partial charge >= 0.3 is 0 Å². The van der Waals surface area contributed by atoms with Crippen LogP contribution >= 0.6 is 11.6 Å². The highest BCUT2D eigenvalue weighted by molar-refractivity contribution is 6.30. The molecule has 0 aromatic heterocycles. The van der Waals surface area contributed by atoms with Gasteiger partial charge < -0.3 is 10.2 Å². The summed E-state index contributed by atoms with van der Waals surface area (Å²) in [6.07, 6.45) is 2.50. The van der Waals surface area contributed by atoms with Crippen LogP contribution in [-0.4, -0.2) is 37.6 Å². The molecule has 0 heterocycles. The zero-order valence-electron chi connectivity index (χ0n) is 13.1. The summed E-state index contributed by atoms with van der Waals surface area (Å²) < 4.78 is 0. The average Bonchev–Trinajstić information content (AvgIpc) is 2.32. The molecule has 112 valence electrons. The monoisotopic (exact) mass is 294 g/mol. The van der Waals surface area contributed by atoms with Crippen LogP contribution in [0, 0.1) is 5.92 Å². The maximum Gasteiger partial charge on any atom is 0.0406 e. The number of rotatable bonds is 6. The Balaban J connectivity index is 1.82. The minimum atomic E-state index is 0.584. The molecular formula is C17H27ClN2. The summed E-state index contributed by atoms with van der Waals surface area (Å²) in [6.45, 7) is 5.72. The van der Waals surface area contributed by atoms with Crippen LogP contribution in [-0.2, 0) is 0 Å². The summed E-state index contributed by atoms with van der Waals surface area (Å²) in [6, 6.07) is 9.59. The van der Waals surface area contributed by atoms with Gasteiger partial charge in [-0.3, -0.25) is 0 Å². The van der Waals surface area contributed by atoms with Gasteiger partial charge in [0.2, 0.25) is 0 Å². The maximum atomic E-state index is 5.94. The van der Waals surface area contributed by atoms with E-state index in [4.69, 9.17) is 11.6 Å². The molecule has 3 heteroatoms. The summed E-state index contributed by atoms with van der Waals surface area (Å²) >= 11 is 5.94. The fourth-order valence-electron chi connectivity index (χ4n) is 2.91. The fraction of sp³-hybridized carbons (Fsp3) is 0.647. The molecule has 2 nitrogen and oxygen atoms in total. The van der Waals surface area contributed by atoms with Crippen molar-refractivity contribution in [3.05, 3.63) is 34.9 Å². The van der Waals surface area contributed by atoms with Gasteiger partial charge in [-0.25, -0.2) is 0 Å². The minimum Gasteiger partial charge on any atom is -0.310 e. The first-order chi connectivity index (χ1) is 9.45. The van der Waals surface area contributed by atoms with Gasteiger partial charge in [-0.05, 0) is 56.5 Å². The minimum absolute atomic E-state index is 0.584. The number of hydrogen-bond donors (Lipinski definition) is 1. The zero-order chi connectivity index (χ0) is 14.7. The fourth-order valence-corrected chi connectivity index (χ4v) is 3.04. The Kier molecular flexibility index (Phi) is 5.48. The van der Waals surface area contributed by atoms with E-state index < -0.39 is 0 Å². The topological polar surface area (TPSA) is 15.3 Å². The first-order valence-corrected chi connectivity index (χ1v) is 7.99. The summed E-state index contributed by atoms with van der Waals surface area (Å²) in [4.78, 5) is 2.27. The molecule has 0 aliphatic heterocycles. The molecule has 1 fully saturated rings. The van der Waals surface area contributed by atoms with Crippen LogP contribution in [0.2, 0.25) is 5.02 Å². The highest BCUT2D eigenvalue weighted by atomic mass is 35.5. The molecule has 1 aliphatic rings. The van der Waals surface area contributed by atoms with Crippen LogP contribution in [0.15, 0.2) is 24.3 Å². The molecule has 2 rings (SSSR count). The van der Waals surface area contributed by atoms with Crippen molar-refractivity contribution in [3.63, 3.8) is 0 Å². The van der Waals surface area contributed by atoms with E-state index in [2.05, 4.69) is 50.3 Å². The number of benzene rings is 1. The lowest BCUT2D eigenvalue weighted by molar-refractivity contribution is 0.210. The Bertz CT molecular complexity index is 408. The first kappa shape index (κ1) is 15.8. The van der Waals surface area contributed by atoms with Crippen LogP contribution in [0.3, 0.4) is 0 Å². The number of nitrogens with zero attached hydrogens (tertiary/aromatic N) is 1. The highest BCUT2D eigenvalue weighted by Crippen LogP contribution is 2.37. The van der Waals surface area contributed by atoms with E-state index in [0.29, 0.717) is 23.9 Å². The van der Waals surface area contributed by atoms with Gasteiger partial charge in [-0.2, -0.15) is 0 Å². The summed E-state index contributed by atoms with van der Waals surface area (Å²) in [5, 5.41) is 4.66. The van der Waals surface area contributed by atoms with Crippen molar-refractivity contribution in [3.8, 4) is 0 Å². The maximum absolute atomic E-state index is 5.94. The average molecular weight is 295 g/mol. The molecule has 0 spiro atoms. The van der Waals surface area contributed by atoms with E-state index in [1.165, 1.54) is 18.4 Å². The highest BCUT2D eigenvalue weighted by Gasteiger charge is 2.32. The van der Waals surface area contributed by atoms with Gasteiger partial charge in [0.15, 0.2) is 0 Å². The number of hydrogen-bond acceptors (Lipinski definition) is 2. The smallest absolute Gasteiger partial charge is 0.0406 e. The molecule has 1 saturated carbocycles. The summed E-state index contributed by atoms with van der Waals surface area (Å²) in [5.41, 5.74) is 1.43. The lowest BCUT2D eigenvalue weighted by Gasteiger charge is -2.40. The molecule has 1 N–H and O–H groups in total. The second kappa shape index (κ2) is 6.93. The molecule has 0 radical (unpaired) electrons. The standard InChI is InChI=1S/C17H27ClN2/c1-12(2)17(11-20(3)4)19-16-9-14(10-16)13-5-7-15(18)8-6-13/h5-8,12,14,16-17,19H,9-11H2,1-4H3. The van der Waals surface area contributed by atoms with Crippen LogP contribution in [0.5, 0.6) is 0 Å². The van der Waals surface area contributed by atoms with Crippen molar-refractivity contribution in [2.24, 2.45) is 5.92 Å². The van der Waals surface area contributed by atoms with Crippen LogP contribution in [0.4, 0.5) is 0 Å². The summed E-state index contributed by atoms with van der Waals surface area (Å²) in [7, 11) is 4.29. The van der Waals surface area contributed by atoms with Gasteiger partial charge in [-0.1, -0.05) is 37.6 Å². The third-order valence-electron chi connectivity index (χ3n) is 4.30. The van der Waals surface area contributed by atoms with Crippen molar-refractivity contribution in [1.82, 2.24) is 10.2 Å². The first-order valence-electron chi connectivity index (χ1n) is 7.62. The van der Waals surface area contributed by atoms with E-state index in [-0.39, 0.29) is 0 Å². The molecule has 0 amide bonds. The molecule has 0 bridgehead atoms. The van der Waals surface area contributed by atoms with Gasteiger partial charge in [0, 0.05) is 23.7 Å². The molecule has 1 aliphatic carbocycles. The van der Waals surface area contributed by atoms with Gasteiger partial charge in [0.25, 0.3) is 0 Å². The van der Waals surface area contributed by atoms with Crippen LogP contribution < -0.4 is 5.32 Å². The Morgan fingerprint density at radius 1 is 1.20 bits per heavy atom. The molecule has 20 heavy (non-hydrogen) atoms. The van der Waals surface area contributed by atoms with Crippen LogP contribution in [0.25, 0.3) is 0 Å². The molecule has 0 saturated heterocycles. The molecule has 1 aromatic rings. The predicted molar refractivity (Wildman–Crippen MR) is 87.5 cm³/mol. The van der Waals surface area contributed by atoms with E-state index in [1.54, 1.807) is 0 Å². The van der Waals surface area contributed by atoms with Crippen molar-refractivity contribution in [2.45, 2.75) is 44.7 Å². The second-order valence-corrected chi connectivity index (χ2v) is 7.13. The van der Waals surface area contributed by atoms with Gasteiger partial charge in [0.05, 0.1) is 0 Å². The molecule has 1 aromatic carbocycles. The quantitative estimate of drug-likeness (QED) is 0.859. The Morgan fingerprint density at radius 3 is 2.30 bits per heavy atom. The SMILES string of the molecule is CC(C)C(CN(C)C)NC1CC(c2ccc(Cl)cc2)C1. The lowest BCUT2D eigenvalue weighted by Crippen LogP contribution is -2.51. The Morgan fingerprint density at radius 2 is 1.80 bits per heavy atom. The zero-order valence-corrected chi connectivity index (χ0v) is 13.8. The predicted octanol–water partition coefficient (Wildman–Crippen LogP) is 3.76. The van der Waals surface area contributed by atoms with E-state index in [0.717, 1.165) is 11.6 Å². The van der Waals surface area contributed by atoms with Crippen molar-refractivity contribution in [2.75, 3.05) is 20.6 Å². The number of halogens is 1. The largest absolute Gasteiger partial charge is 0.310 e. The van der Waals surface area contributed by atoms with E-state index >= 15 is 0 Å².